The van der Waals surface area contributed by atoms with Gasteiger partial charge in [0.15, 0.2) is 5.82 Å². The van der Waals surface area contributed by atoms with Crippen LogP contribution in [0.4, 0.5) is 10.2 Å². The molecule has 6 nitrogen and oxygen atoms in total. The van der Waals surface area contributed by atoms with Gasteiger partial charge < -0.3 is 15.2 Å². The summed E-state index contributed by atoms with van der Waals surface area (Å²) in [6.07, 6.45) is 5.40. The number of amides is 1. The zero-order valence-corrected chi connectivity index (χ0v) is 14.7. The lowest BCUT2D eigenvalue weighted by Crippen LogP contribution is -2.37. The molecule has 4 rings (SSSR count). The molecule has 2 heterocycles. The number of nitrogens with zero attached hydrogens (tertiary/aromatic N) is 3. The van der Waals surface area contributed by atoms with Crippen molar-refractivity contribution >= 4 is 11.7 Å². The largest absolute Gasteiger partial charge is 0.367 e. The van der Waals surface area contributed by atoms with Crippen LogP contribution in [0.1, 0.15) is 18.4 Å². The van der Waals surface area contributed by atoms with Crippen molar-refractivity contribution in [2.75, 3.05) is 18.4 Å². The summed E-state index contributed by atoms with van der Waals surface area (Å²) in [5, 5.41) is 14.4. The second-order valence-electron chi connectivity index (χ2n) is 6.64. The molecule has 27 heavy (non-hydrogen) atoms. The summed E-state index contributed by atoms with van der Waals surface area (Å²) in [5.41, 5.74) is 0.382. The Morgan fingerprint density at radius 3 is 2.41 bits per heavy atom. The molecule has 2 aromatic heterocycles. The van der Waals surface area contributed by atoms with Crippen LogP contribution < -0.4 is 10.6 Å². The lowest BCUT2D eigenvalue weighted by molar-refractivity contribution is -0.123. The van der Waals surface area contributed by atoms with Crippen LogP contribution in [-0.2, 0) is 10.2 Å². The van der Waals surface area contributed by atoms with Gasteiger partial charge in [0.25, 0.3) is 0 Å². The highest BCUT2D eigenvalue weighted by atomic mass is 19.1. The SMILES string of the molecule is O=C(NCCNc1ccc(-n2cccc2)nn1)C1(c2ccc(F)cc2)CC1. The minimum atomic E-state index is -0.494. The maximum atomic E-state index is 13.1. The van der Waals surface area contributed by atoms with E-state index in [1.165, 1.54) is 12.1 Å². The predicted octanol–water partition coefficient (Wildman–Crippen LogP) is 2.67. The number of anilines is 1. The number of benzene rings is 1. The van der Waals surface area contributed by atoms with Crippen molar-refractivity contribution in [2.24, 2.45) is 0 Å². The second-order valence-corrected chi connectivity index (χ2v) is 6.64. The van der Waals surface area contributed by atoms with Crippen molar-refractivity contribution in [1.29, 1.82) is 0 Å². The van der Waals surface area contributed by atoms with Gasteiger partial charge >= 0.3 is 0 Å². The molecule has 3 aromatic rings. The van der Waals surface area contributed by atoms with E-state index in [1.54, 1.807) is 12.1 Å². The topological polar surface area (TPSA) is 71.8 Å². The number of hydrogen-bond acceptors (Lipinski definition) is 4. The normalized spacial score (nSPS) is 14.6. The van der Waals surface area contributed by atoms with E-state index in [2.05, 4.69) is 20.8 Å². The van der Waals surface area contributed by atoms with Gasteiger partial charge in [-0.15, -0.1) is 10.2 Å². The van der Waals surface area contributed by atoms with Crippen molar-refractivity contribution in [3.05, 3.63) is 72.3 Å². The van der Waals surface area contributed by atoms with Crippen molar-refractivity contribution in [2.45, 2.75) is 18.3 Å². The van der Waals surface area contributed by atoms with E-state index in [0.717, 1.165) is 24.2 Å². The fraction of sp³-hybridized carbons (Fsp3) is 0.250. The number of rotatable bonds is 7. The zero-order valence-electron chi connectivity index (χ0n) is 14.7. The first-order chi connectivity index (χ1) is 13.2. The van der Waals surface area contributed by atoms with Gasteiger partial charge in [0.05, 0.1) is 5.41 Å². The lowest BCUT2D eigenvalue weighted by Gasteiger charge is -2.16. The van der Waals surface area contributed by atoms with Gasteiger partial charge in [-0.25, -0.2) is 4.39 Å². The molecule has 1 aliphatic carbocycles. The van der Waals surface area contributed by atoms with E-state index >= 15 is 0 Å². The minimum Gasteiger partial charge on any atom is -0.367 e. The Kier molecular flexibility index (Phi) is 4.58. The van der Waals surface area contributed by atoms with Gasteiger partial charge in [0.2, 0.25) is 5.91 Å². The van der Waals surface area contributed by atoms with Crippen molar-refractivity contribution in [3.8, 4) is 5.82 Å². The molecule has 7 heteroatoms. The Bertz CT molecular complexity index is 903. The van der Waals surface area contributed by atoms with Crippen molar-refractivity contribution in [3.63, 3.8) is 0 Å². The molecular weight excluding hydrogens is 345 g/mol. The third kappa shape index (κ3) is 3.67. The van der Waals surface area contributed by atoms with Crippen LogP contribution in [0.5, 0.6) is 0 Å². The molecule has 0 spiro atoms. The molecule has 0 atom stereocenters. The molecule has 1 amide bonds. The first-order valence-electron chi connectivity index (χ1n) is 8.93. The minimum absolute atomic E-state index is 0.00931. The summed E-state index contributed by atoms with van der Waals surface area (Å²) in [6, 6.07) is 13.8. The summed E-state index contributed by atoms with van der Waals surface area (Å²) >= 11 is 0. The van der Waals surface area contributed by atoms with Crippen molar-refractivity contribution in [1.82, 2.24) is 20.1 Å². The van der Waals surface area contributed by atoms with E-state index in [-0.39, 0.29) is 11.7 Å². The molecule has 1 aromatic carbocycles. The van der Waals surface area contributed by atoms with Crippen LogP contribution >= 0.6 is 0 Å². The smallest absolute Gasteiger partial charge is 0.230 e. The molecule has 2 N–H and O–H groups in total. The first-order valence-corrected chi connectivity index (χ1v) is 8.93. The van der Waals surface area contributed by atoms with E-state index in [4.69, 9.17) is 0 Å². The van der Waals surface area contributed by atoms with E-state index in [0.29, 0.717) is 18.9 Å². The van der Waals surface area contributed by atoms with E-state index < -0.39 is 5.41 Å². The summed E-state index contributed by atoms with van der Waals surface area (Å²) in [5.74, 6) is 1.10. The Balaban J connectivity index is 1.26. The third-order valence-corrected chi connectivity index (χ3v) is 4.82. The third-order valence-electron chi connectivity index (χ3n) is 4.82. The molecule has 1 fully saturated rings. The summed E-state index contributed by atoms with van der Waals surface area (Å²) in [6.45, 7) is 1.02. The van der Waals surface area contributed by atoms with Crippen LogP contribution in [-0.4, -0.2) is 33.8 Å². The van der Waals surface area contributed by atoms with E-state index in [1.807, 2.05) is 41.2 Å². The van der Waals surface area contributed by atoms with Crippen LogP contribution in [0, 0.1) is 5.82 Å². The van der Waals surface area contributed by atoms with Gasteiger partial charge in [-0.3, -0.25) is 4.79 Å². The van der Waals surface area contributed by atoms with Gasteiger partial charge in [-0.2, -0.15) is 0 Å². The van der Waals surface area contributed by atoms with Crippen LogP contribution in [0.25, 0.3) is 5.82 Å². The quantitative estimate of drug-likeness (QED) is 0.632. The summed E-state index contributed by atoms with van der Waals surface area (Å²) in [4.78, 5) is 12.5. The molecule has 1 aliphatic rings. The number of nitrogens with one attached hydrogen (secondary N) is 2. The average Bonchev–Trinajstić information content (AvgIpc) is 3.32. The fourth-order valence-corrected chi connectivity index (χ4v) is 3.12. The van der Waals surface area contributed by atoms with Crippen LogP contribution in [0.2, 0.25) is 0 Å². The first kappa shape index (κ1) is 17.2. The van der Waals surface area contributed by atoms with Gasteiger partial charge in [-0.05, 0) is 54.8 Å². The maximum absolute atomic E-state index is 13.1. The molecular formula is C20H20FN5O. The fourth-order valence-electron chi connectivity index (χ4n) is 3.12. The number of hydrogen-bond donors (Lipinski definition) is 2. The number of carbonyl (C=O) groups is 1. The van der Waals surface area contributed by atoms with E-state index in [9.17, 15) is 9.18 Å². The average molecular weight is 365 g/mol. The van der Waals surface area contributed by atoms with Gasteiger partial charge in [-0.1, -0.05) is 12.1 Å². The molecule has 0 bridgehead atoms. The molecule has 1 saturated carbocycles. The monoisotopic (exact) mass is 365 g/mol. The molecule has 0 aliphatic heterocycles. The molecule has 0 unspecified atom stereocenters. The molecule has 138 valence electrons. The van der Waals surface area contributed by atoms with Gasteiger partial charge in [0.1, 0.15) is 11.6 Å². The Hall–Kier alpha value is -3.22. The highest BCUT2D eigenvalue weighted by molar-refractivity contribution is 5.91. The second kappa shape index (κ2) is 7.19. The molecule has 0 saturated heterocycles. The summed E-state index contributed by atoms with van der Waals surface area (Å²) in [7, 11) is 0. The highest BCUT2D eigenvalue weighted by Gasteiger charge is 2.50. The van der Waals surface area contributed by atoms with Crippen molar-refractivity contribution < 1.29 is 9.18 Å². The lowest BCUT2D eigenvalue weighted by atomic mass is 9.95. The standard InChI is InChI=1S/C20H20FN5O/c21-16-5-3-15(4-6-16)20(9-10-20)19(27)23-12-11-22-17-7-8-18(25-24-17)26-13-1-2-14-26/h1-8,13-14H,9-12H2,(H,22,24)(H,23,27). The Morgan fingerprint density at radius 1 is 1.04 bits per heavy atom. The molecule has 0 radical (unpaired) electrons. The highest BCUT2D eigenvalue weighted by Crippen LogP contribution is 2.48. The Labute approximate surface area is 156 Å². The van der Waals surface area contributed by atoms with Crippen LogP contribution in [0.15, 0.2) is 60.9 Å². The van der Waals surface area contributed by atoms with Gasteiger partial charge in [0, 0.05) is 25.5 Å². The summed E-state index contributed by atoms with van der Waals surface area (Å²) < 4.78 is 15.0. The number of carbonyl (C=O) groups excluding carboxylic acids is 1. The Morgan fingerprint density at radius 2 is 1.78 bits per heavy atom. The predicted molar refractivity (Wildman–Crippen MR) is 100 cm³/mol. The number of aromatic nitrogens is 3. The maximum Gasteiger partial charge on any atom is 0.230 e. The number of halogens is 1. The van der Waals surface area contributed by atoms with Crippen LogP contribution in [0.3, 0.4) is 0 Å². The zero-order chi connectivity index (χ0) is 18.7.